The normalized spacial score (nSPS) is 21.8. The molecule has 24 heavy (non-hydrogen) atoms. The molecule has 1 aliphatic heterocycles. The third-order valence-electron chi connectivity index (χ3n) is 5.01. The van der Waals surface area contributed by atoms with Crippen LogP contribution in [0.5, 0.6) is 0 Å². The van der Waals surface area contributed by atoms with Crippen molar-refractivity contribution in [3.8, 4) is 0 Å². The van der Waals surface area contributed by atoms with Crippen LogP contribution in [0.4, 0.5) is 0 Å². The first kappa shape index (κ1) is 16.2. The van der Waals surface area contributed by atoms with Gasteiger partial charge in [0.2, 0.25) is 0 Å². The molecule has 0 amide bonds. The highest BCUT2D eigenvalue weighted by atomic mass is 32.1. The second-order valence-corrected chi connectivity index (χ2v) is 8.15. The Morgan fingerprint density at radius 1 is 1.08 bits per heavy atom. The Hall–Kier alpha value is -1.30. The van der Waals surface area contributed by atoms with E-state index in [1.54, 1.807) is 0 Å². The number of aromatic nitrogens is 2. The summed E-state index contributed by atoms with van der Waals surface area (Å²) in [4.78, 5) is 13.3. The zero-order valence-electron chi connectivity index (χ0n) is 14.2. The molecule has 0 aromatic carbocycles. The summed E-state index contributed by atoms with van der Waals surface area (Å²) in [5.74, 6) is 0.759. The smallest absolute Gasteiger partial charge is 0.0959 e. The molecule has 2 fully saturated rings. The van der Waals surface area contributed by atoms with Crippen molar-refractivity contribution in [1.29, 1.82) is 0 Å². The first-order valence-corrected chi connectivity index (χ1v) is 9.99. The SMILES string of the molecule is c1ccc(CN(Cc2cnc(C3CC3)s2)[C@H]2CCCNCC2)nc1. The highest BCUT2D eigenvalue weighted by molar-refractivity contribution is 7.11. The number of nitrogens with one attached hydrogen (secondary N) is 1. The summed E-state index contributed by atoms with van der Waals surface area (Å²) in [6, 6.07) is 6.86. The van der Waals surface area contributed by atoms with Gasteiger partial charge in [0.15, 0.2) is 0 Å². The monoisotopic (exact) mass is 342 g/mol. The maximum atomic E-state index is 4.67. The standard InChI is InChI=1S/C19H26N4S/c1-2-10-21-16(4-1)13-23(17-5-3-9-20-11-8-17)14-18-12-22-19(24-18)15-6-7-15/h1-2,4,10,12,15,17,20H,3,5-9,11,13-14H2/t17-/m0/s1. The molecule has 1 N–H and O–H groups in total. The summed E-state index contributed by atoms with van der Waals surface area (Å²) < 4.78 is 0. The molecule has 0 radical (unpaired) electrons. The van der Waals surface area contributed by atoms with Gasteiger partial charge in [0.05, 0.1) is 10.7 Å². The minimum atomic E-state index is 0.633. The van der Waals surface area contributed by atoms with Crippen LogP contribution in [0.3, 0.4) is 0 Å². The van der Waals surface area contributed by atoms with Crippen molar-refractivity contribution >= 4 is 11.3 Å². The molecule has 4 rings (SSSR count). The molecule has 1 saturated carbocycles. The zero-order chi connectivity index (χ0) is 16.2. The summed E-state index contributed by atoms with van der Waals surface area (Å²) in [6.07, 6.45) is 10.4. The molecule has 1 aliphatic carbocycles. The lowest BCUT2D eigenvalue weighted by Crippen LogP contribution is -2.35. The average Bonchev–Trinajstić information content (AvgIpc) is 3.40. The second-order valence-electron chi connectivity index (χ2n) is 7.00. The lowest BCUT2D eigenvalue weighted by molar-refractivity contribution is 0.163. The fourth-order valence-electron chi connectivity index (χ4n) is 3.49. The maximum Gasteiger partial charge on any atom is 0.0959 e. The molecule has 4 nitrogen and oxygen atoms in total. The van der Waals surface area contributed by atoms with Crippen LogP contribution in [-0.4, -0.2) is 34.0 Å². The van der Waals surface area contributed by atoms with E-state index in [-0.39, 0.29) is 0 Å². The van der Waals surface area contributed by atoms with E-state index < -0.39 is 0 Å². The van der Waals surface area contributed by atoms with E-state index in [0.717, 1.165) is 32.1 Å². The van der Waals surface area contributed by atoms with Gasteiger partial charge in [-0.25, -0.2) is 4.98 Å². The van der Waals surface area contributed by atoms with E-state index in [9.17, 15) is 0 Å². The quantitative estimate of drug-likeness (QED) is 0.871. The van der Waals surface area contributed by atoms with Crippen LogP contribution >= 0.6 is 11.3 Å². The predicted octanol–water partition coefficient (Wildman–Crippen LogP) is 3.56. The lowest BCUT2D eigenvalue weighted by Gasteiger charge is -2.30. The molecule has 2 aliphatic rings. The van der Waals surface area contributed by atoms with Gasteiger partial charge in [0.25, 0.3) is 0 Å². The van der Waals surface area contributed by atoms with Gasteiger partial charge in [-0.05, 0) is 57.3 Å². The molecule has 0 bridgehead atoms. The van der Waals surface area contributed by atoms with Crippen LogP contribution in [0, 0.1) is 0 Å². The topological polar surface area (TPSA) is 41.1 Å². The molecule has 0 unspecified atom stereocenters. The van der Waals surface area contributed by atoms with Crippen LogP contribution in [0.25, 0.3) is 0 Å². The van der Waals surface area contributed by atoms with Gasteiger partial charge >= 0.3 is 0 Å². The number of nitrogens with zero attached hydrogens (tertiary/aromatic N) is 3. The fourth-order valence-corrected chi connectivity index (χ4v) is 4.61. The molecule has 2 aromatic rings. The van der Waals surface area contributed by atoms with E-state index in [1.807, 2.05) is 23.6 Å². The van der Waals surface area contributed by atoms with E-state index in [4.69, 9.17) is 0 Å². The zero-order valence-corrected chi connectivity index (χ0v) is 15.0. The van der Waals surface area contributed by atoms with Gasteiger partial charge in [-0.2, -0.15) is 0 Å². The van der Waals surface area contributed by atoms with Gasteiger partial charge in [-0.15, -0.1) is 11.3 Å². The molecule has 3 heterocycles. The predicted molar refractivity (Wildman–Crippen MR) is 98.1 cm³/mol. The number of hydrogen-bond acceptors (Lipinski definition) is 5. The summed E-state index contributed by atoms with van der Waals surface area (Å²) in [5, 5.41) is 4.89. The van der Waals surface area contributed by atoms with Crippen molar-refractivity contribution in [2.45, 2.75) is 57.2 Å². The molecular formula is C19H26N4S. The van der Waals surface area contributed by atoms with Gasteiger partial charge in [-0.1, -0.05) is 6.07 Å². The number of rotatable bonds is 6. The van der Waals surface area contributed by atoms with Crippen LogP contribution in [-0.2, 0) is 13.1 Å². The van der Waals surface area contributed by atoms with Crippen molar-refractivity contribution in [3.63, 3.8) is 0 Å². The van der Waals surface area contributed by atoms with Crippen molar-refractivity contribution in [2.24, 2.45) is 0 Å². The molecular weight excluding hydrogens is 316 g/mol. The Bertz CT molecular complexity index is 630. The second kappa shape index (κ2) is 7.72. The molecule has 128 valence electrons. The average molecular weight is 343 g/mol. The van der Waals surface area contributed by atoms with Crippen LogP contribution in [0.15, 0.2) is 30.6 Å². The first-order chi connectivity index (χ1) is 11.9. The number of hydrogen-bond donors (Lipinski definition) is 1. The molecule has 2 aromatic heterocycles. The van der Waals surface area contributed by atoms with Crippen LogP contribution < -0.4 is 5.32 Å². The molecule has 1 atom stereocenters. The van der Waals surface area contributed by atoms with E-state index in [0.29, 0.717) is 6.04 Å². The summed E-state index contributed by atoms with van der Waals surface area (Å²) in [5.41, 5.74) is 1.17. The van der Waals surface area contributed by atoms with Crippen molar-refractivity contribution in [3.05, 3.63) is 46.2 Å². The number of pyridine rings is 1. The first-order valence-electron chi connectivity index (χ1n) is 9.18. The highest BCUT2D eigenvalue weighted by Gasteiger charge is 2.27. The Balaban J connectivity index is 1.49. The molecule has 1 saturated heterocycles. The van der Waals surface area contributed by atoms with E-state index in [1.165, 1.54) is 47.7 Å². The Kier molecular flexibility index (Phi) is 5.21. The van der Waals surface area contributed by atoms with E-state index >= 15 is 0 Å². The summed E-state index contributed by atoms with van der Waals surface area (Å²) in [6.45, 7) is 4.22. The van der Waals surface area contributed by atoms with Gasteiger partial charge in [0, 0.05) is 42.3 Å². The highest BCUT2D eigenvalue weighted by Crippen LogP contribution is 2.42. The molecule has 0 spiro atoms. The van der Waals surface area contributed by atoms with Crippen LogP contribution in [0.1, 0.15) is 53.6 Å². The Morgan fingerprint density at radius 2 is 2.04 bits per heavy atom. The van der Waals surface area contributed by atoms with E-state index in [2.05, 4.69) is 38.5 Å². The van der Waals surface area contributed by atoms with Crippen molar-refractivity contribution < 1.29 is 0 Å². The largest absolute Gasteiger partial charge is 0.317 e. The summed E-state index contributed by atoms with van der Waals surface area (Å²) >= 11 is 1.92. The van der Waals surface area contributed by atoms with Gasteiger partial charge < -0.3 is 5.32 Å². The van der Waals surface area contributed by atoms with Gasteiger partial charge in [-0.3, -0.25) is 9.88 Å². The Morgan fingerprint density at radius 3 is 2.88 bits per heavy atom. The Labute approximate surface area is 148 Å². The third-order valence-corrected chi connectivity index (χ3v) is 6.15. The minimum absolute atomic E-state index is 0.633. The maximum absolute atomic E-state index is 4.67. The lowest BCUT2D eigenvalue weighted by atomic mass is 10.1. The molecule has 5 heteroatoms. The van der Waals surface area contributed by atoms with Crippen molar-refractivity contribution in [2.75, 3.05) is 13.1 Å². The summed E-state index contributed by atoms with van der Waals surface area (Å²) in [7, 11) is 0. The van der Waals surface area contributed by atoms with Crippen LogP contribution in [0.2, 0.25) is 0 Å². The third kappa shape index (κ3) is 4.21. The number of thiazole rings is 1. The van der Waals surface area contributed by atoms with Crippen molar-refractivity contribution in [1.82, 2.24) is 20.2 Å². The minimum Gasteiger partial charge on any atom is -0.317 e. The van der Waals surface area contributed by atoms with Gasteiger partial charge in [0.1, 0.15) is 0 Å². The fraction of sp³-hybridized carbons (Fsp3) is 0.579.